The molecule has 0 aliphatic rings. The van der Waals surface area contributed by atoms with E-state index in [1.807, 2.05) is 21.1 Å². The van der Waals surface area contributed by atoms with Gasteiger partial charge in [-0.15, -0.1) is 0 Å². The highest BCUT2D eigenvalue weighted by atomic mass is 16.6. The third kappa shape index (κ3) is 40.5. The topological polar surface area (TPSA) is 99.1 Å². The zero-order valence-electron chi connectivity index (χ0n) is 39.0. The minimum Gasteiger partial charge on any atom is -0.477 e. The van der Waals surface area contributed by atoms with E-state index in [9.17, 15) is 19.5 Å². The summed E-state index contributed by atoms with van der Waals surface area (Å²) >= 11 is 0. The predicted octanol–water partition coefficient (Wildman–Crippen LogP) is 13.6. The maximum absolute atomic E-state index is 12.8. The molecule has 1 N–H and O–H groups in total. The monoisotopic (exact) mass is 831 g/mol. The Morgan fingerprint density at radius 1 is 0.508 bits per heavy atom. The van der Waals surface area contributed by atoms with Gasteiger partial charge in [0.2, 0.25) is 0 Å². The van der Waals surface area contributed by atoms with Crippen molar-refractivity contribution >= 4 is 17.9 Å². The molecule has 0 bridgehead atoms. The third-order valence-corrected chi connectivity index (χ3v) is 10.7. The first-order valence-electron chi connectivity index (χ1n) is 24.2. The molecule has 2 unspecified atom stereocenters. The number of carboxylic acids is 1. The minimum absolute atomic E-state index is 0.0545. The highest BCUT2D eigenvalue weighted by molar-refractivity contribution is 5.72. The van der Waals surface area contributed by atoms with Gasteiger partial charge in [0.25, 0.3) is 0 Å². The fourth-order valence-electron chi connectivity index (χ4n) is 7.05. The van der Waals surface area contributed by atoms with Gasteiger partial charge in [-0.1, -0.05) is 172 Å². The number of ether oxygens (including phenoxy) is 3. The standard InChI is InChI=1S/C51H91NO7/c1-6-8-10-12-14-16-18-20-22-23-24-25-26-27-28-30-32-34-36-38-40-42-50(54)59-47(45-57-44-43-48(51(55)56)52(3,4)5)46-58-49(53)41-39-37-35-33-31-29-21-19-17-15-13-11-9-7-2/h8-11,14-17,47-48H,6-7,12-13,18-46H2,1-5H3/p+1/b10-8+,11-9+,16-14+,17-15+. The van der Waals surface area contributed by atoms with Crippen molar-refractivity contribution < 1.29 is 38.2 Å². The predicted molar refractivity (Wildman–Crippen MR) is 248 cm³/mol. The number of carboxylic acid groups (broad SMARTS) is 1. The van der Waals surface area contributed by atoms with Gasteiger partial charge >= 0.3 is 17.9 Å². The summed E-state index contributed by atoms with van der Waals surface area (Å²) in [7, 11) is 5.53. The molecule has 8 nitrogen and oxygen atoms in total. The Kier molecular flexibility index (Phi) is 40.1. The molecule has 0 amide bonds. The number of hydrogen-bond acceptors (Lipinski definition) is 6. The minimum atomic E-state index is -0.876. The van der Waals surface area contributed by atoms with Crippen molar-refractivity contribution in [2.75, 3.05) is 41.0 Å². The van der Waals surface area contributed by atoms with Crippen LogP contribution < -0.4 is 0 Å². The second kappa shape index (κ2) is 42.0. The van der Waals surface area contributed by atoms with E-state index in [0.29, 0.717) is 19.3 Å². The molecule has 342 valence electrons. The van der Waals surface area contributed by atoms with E-state index in [0.717, 1.165) is 70.6 Å². The molecule has 0 saturated carbocycles. The van der Waals surface area contributed by atoms with Gasteiger partial charge in [0.05, 0.1) is 34.4 Å². The summed E-state index contributed by atoms with van der Waals surface area (Å²) < 4.78 is 17.3. The van der Waals surface area contributed by atoms with Crippen LogP contribution in [0.3, 0.4) is 0 Å². The van der Waals surface area contributed by atoms with Crippen molar-refractivity contribution in [1.82, 2.24) is 0 Å². The van der Waals surface area contributed by atoms with E-state index in [1.165, 1.54) is 103 Å². The zero-order chi connectivity index (χ0) is 43.5. The second-order valence-electron chi connectivity index (χ2n) is 17.3. The molecule has 0 radical (unpaired) electrons. The summed E-state index contributed by atoms with van der Waals surface area (Å²) in [5.74, 6) is -1.47. The number of hydrogen-bond donors (Lipinski definition) is 1. The van der Waals surface area contributed by atoms with Gasteiger partial charge in [0.15, 0.2) is 12.1 Å². The van der Waals surface area contributed by atoms with E-state index in [-0.39, 0.29) is 36.2 Å². The molecule has 0 aromatic rings. The summed E-state index contributed by atoms with van der Waals surface area (Å²) in [4.78, 5) is 37.1. The summed E-state index contributed by atoms with van der Waals surface area (Å²) in [6.07, 6.45) is 50.2. The molecule has 0 aromatic heterocycles. The lowest BCUT2D eigenvalue weighted by molar-refractivity contribution is -0.887. The van der Waals surface area contributed by atoms with Crippen LogP contribution in [-0.4, -0.2) is 80.6 Å². The summed E-state index contributed by atoms with van der Waals surface area (Å²) in [5.41, 5.74) is 0. The van der Waals surface area contributed by atoms with Crippen LogP contribution in [0.2, 0.25) is 0 Å². The SMILES string of the molecule is CC/C=C/C/C=C/CCCCCCCCCCCCCCCCC(=O)OC(COCCC(C(=O)O)[N+](C)(C)C)COC(=O)CCCCCCCCC/C=C/C/C=C/CC. The number of aliphatic carboxylic acids is 1. The summed E-state index contributed by atoms with van der Waals surface area (Å²) in [6.45, 7) is 4.54. The van der Waals surface area contributed by atoms with E-state index >= 15 is 0 Å². The Bertz CT molecular complexity index is 1110. The van der Waals surface area contributed by atoms with Gasteiger partial charge in [-0.25, -0.2) is 4.79 Å². The van der Waals surface area contributed by atoms with Crippen molar-refractivity contribution in [1.29, 1.82) is 0 Å². The van der Waals surface area contributed by atoms with Gasteiger partial charge in [0, 0.05) is 19.3 Å². The van der Waals surface area contributed by atoms with Crippen molar-refractivity contribution in [3.05, 3.63) is 48.6 Å². The summed E-state index contributed by atoms with van der Waals surface area (Å²) in [5, 5.41) is 9.64. The van der Waals surface area contributed by atoms with Crippen LogP contribution in [0.25, 0.3) is 0 Å². The normalized spacial score (nSPS) is 13.3. The molecule has 0 saturated heterocycles. The second-order valence-corrected chi connectivity index (χ2v) is 17.3. The first-order chi connectivity index (χ1) is 28.6. The average molecular weight is 831 g/mol. The van der Waals surface area contributed by atoms with E-state index < -0.39 is 18.1 Å². The van der Waals surface area contributed by atoms with Gasteiger partial charge in [-0.3, -0.25) is 9.59 Å². The average Bonchev–Trinajstić information content (AvgIpc) is 3.19. The number of allylic oxidation sites excluding steroid dienone is 8. The largest absolute Gasteiger partial charge is 0.477 e. The fourth-order valence-corrected chi connectivity index (χ4v) is 7.05. The summed E-state index contributed by atoms with van der Waals surface area (Å²) in [6, 6.07) is -0.616. The first-order valence-corrected chi connectivity index (χ1v) is 24.2. The molecule has 0 aliphatic carbocycles. The van der Waals surface area contributed by atoms with E-state index in [2.05, 4.69) is 62.5 Å². The highest BCUT2D eigenvalue weighted by Gasteiger charge is 2.31. The smallest absolute Gasteiger partial charge is 0.362 e. The molecule has 0 rings (SSSR count). The maximum Gasteiger partial charge on any atom is 0.362 e. The number of likely N-dealkylation sites (N-methyl/N-ethyl adjacent to an activating group) is 1. The molecule has 59 heavy (non-hydrogen) atoms. The quantitative estimate of drug-likeness (QED) is 0.0283. The van der Waals surface area contributed by atoms with Crippen molar-refractivity contribution in [3.8, 4) is 0 Å². The molecule has 0 spiro atoms. The number of quaternary nitrogens is 1. The van der Waals surface area contributed by atoms with E-state index in [1.54, 1.807) is 0 Å². The number of carbonyl (C=O) groups is 3. The molecular weight excluding hydrogens is 739 g/mol. The zero-order valence-corrected chi connectivity index (χ0v) is 39.0. The number of nitrogens with zero attached hydrogens (tertiary/aromatic N) is 1. The fraction of sp³-hybridized carbons (Fsp3) is 0.784. The van der Waals surface area contributed by atoms with Gasteiger partial charge in [-0.05, 0) is 64.2 Å². The molecule has 0 aliphatic heterocycles. The molecule has 2 atom stereocenters. The van der Waals surface area contributed by atoms with Crippen LogP contribution in [0.1, 0.15) is 206 Å². The molecule has 0 aromatic carbocycles. The van der Waals surface area contributed by atoms with Crippen LogP contribution in [0.4, 0.5) is 0 Å². The van der Waals surface area contributed by atoms with Crippen molar-refractivity contribution in [2.24, 2.45) is 0 Å². The van der Waals surface area contributed by atoms with E-state index in [4.69, 9.17) is 14.2 Å². The number of rotatable bonds is 43. The maximum atomic E-state index is 12.8. The van der Waals surface area contributed by atoms with Gasteiger partial charge in [-0.2, -0.15) is 0 Å². The lowest BCUT2D eigenvalue weighted by Gasteiger charge is -2.31. The lowest BCUT2D eigenvalue weighted by Crippen LogP contribution is -2.50. The number of esters is 2. The van der Waals surface area contributed by atoms with Gasteiger partial charge < -0.3 is 23.8 Å². The Morgan fingerprint density at radius 2 is 0.898 bits per heavy atom. The molecule has 0 fully saturated rings. The van der Waals surface area contributed by atoms with Crippen LogP contribution in [0, 0.1) is 0 Å². The van der Waals surface area contributed by atoms with Crippen LogP contribution >= 0.6 is 0 Å². The van der Waals surface area contributed by atoms with Crippen molar-refractivity contribution in [3.63, 3.8) is 0 Å². The molecule has 8 heteroatoms. The molecular formula is C51H92NO7+. The van der Waals surface area contributed by atoms with Crippen LogP contribution in [0.15, 0.2) is 48.6 Å². The van der Waals surface area contributed by atoms with Crippen LogP contribution in [0.5, 0.6) is 0 Å². The highest BCUT2D eigenvalue weighted by Crippen LogP contribution is 2.16. The third-order valence-electron chi connectivity index (χ3n) is 10.7. The van der Waals surface area contributed by atoms with Gasteiger partial charge in [0.1, 0.15) is 6.61 Å². The Hall–Kier alpha value is -2.71. The number of carbonyl (C=O) groups excluding carboxylic acids is 2. The lowest BCUT2D eigenvalue weighted by atomic mass is 10.0. The Balaban J connectivity index is 4.24. The molecule has 0 heterocycles. The number of unbranched alkanes of at least 4 members (excludes halogenated alkanes) is 21. The van der Waals surface area contributed by atoms with Crippen molar-refractivity contribution in [2.45, 2.75) is 219 Å². The Morgan fingerprint density at radius 3 is 1.31 bits per heavy atom. The first kappa shape index (κ1) is 56.3. The van der Waals surface area contributed by atoms with Crippen LogP contribution in [-0.2, 0) is 28.6 Å². The Labute approximate surface area is 363 Å².